The van der Waals surface area contributed by atoms with Gasteiger partial charge in [-0.1, -0.05) is 17.8 Å². The molecule has 0 amide bonds. The molecular formula is C13H12N4S. The second-order valence-corrected chi connectivity index (χ2v) is 4.68. The fraction of sp³-hybridized carbons (Fsp3) is 0.154. The van der Waals surface area contributed by atoms with Gasteiger partial charge in [0.1, 0.15) is 5.69 Å². The molecule has 0 atom stereocenters. The molecule has 90 valence electrons. The molecule has 0 N–H and O–H groups in total. The van der Waals surface area contributed by atoms with Crippen molar-refractivity contribution in [3.05, 3.63) is 42.4 Å². The van der Waals surface area contributed by atoms with Gasteiger partial charge in [0.15, 0.2) is 11.0 Å². The normalized spacial score (nSPS) is 11.0. The van der Waals surface area contributed by atoms with Crippen molar-refractivity contribution < 1.29 is 0 Å². The van der Waals surface area contributed by atoms with Gasteiger partial charge in [0, 0.05) is 12.4 Å². The molecule has 0 aliphatic rings. The van der Waals surface area contributed by atoms with Crippen LogP contribution in [-0.4, -0.2) is 25.6 Å². The molecule has 3 rings (SSSR count). The van der Waals surface area contributed by atoms with E-state index in [1.807, 2.05) is 37.6 Å². The van der Waals surface area contributed by atoms with Crippen LogP contribution in [0.4, 0.5) is 0 Å². The van der Waals surface area contributed by atoms with Crippen molar-refractivity contribution in [3.8, 4) is 11.5 Å². The van der Waals surface area contributed by atoms with Gasteiger partial charge in [0.25, 0.3) is 0 Å². The lowest BCUT2D eigenvalue weighted by Gasteiger charge is -2.01. The largest absolute Gasteiger partial charge is 0.298 e. The number of aromatic nitrogens is 4. The first-order valence-electron chi connectivity index (χ1n) is 5.60. The van der Waals surface area contributed by atoms with Crippen LogP contribution in [0, 0.1) is 6.92 Å². The molecule has 0 spiro atoms. The number of hydrogen-bond donors (Lipinski definition) is 0. The molecule has 0 saturated heterocycles. The van der Waals surface area contributed by atoms with Crippen LogP contribution in [0.25, 0.3) is 17.0 Å². The minimum absolute atomic E-state index is 0.762. The van der Waals surface area contributed by atoms with Crippen LogP contribution < -0.4 is 0 Å². The molecule has 18 heavy (non-hydrogen) atoms. The third-order valence-electron chi connectivity index (χ3n) is 2.78. The van der Waals surface area contributed by atoms with E-state index in [-0.39, 0.29) is 0 Å². The number of aryl methyl sites for hydroxylation is 1. The molecular weight excluding hydrogens is 244 g/mol. The van der Waals surface area contributed by atoms with E-state index in [1.54, 1.807) is 6.20 Å². The minimum Gasteiger partial charge on any atom is -0.298 e. The summed E-state index contributed by atoms with van der Waals surface area (Å²) >= 11 is 1.53. The summed E-state index contributed by atoms with van der Waals surface area (Å²) in [5.41, 5.74) is 2.97. The predicted octanol–water partition coefficient (Wildman–Crippen LogP) is 2.82. The number of rotatable bonds is 2. The van der Waals surface area contributed by atoms with Crippen molar-refractivity contribution in [3.63, 3.8) is 0 Å². The lowest BCUT2D eigenvalue weighted by Crippen LogP contribution is -1.93. The molecule has 0 fully saturated rings. The van der Waals surface area contributed by atoms with Gasteiger partial charge >= 0.3 is 0 Å². The van der Waals surface area contributed by atoms with E-state index in [0.29, 0.717) is 0 Å². The standard InChI is InChI=1S/C13H12N4S/c1-9-11-5-3-4-8-17(11)12(15-9)10-6-7-14-13(16-10)18-2/h3-8H,1-2H3. The third kappa shape index (κ3) is 1.76. The first kappa shape index (κ1) is 11.2. The monoisotopic (exact) mass is 256 g/mol. The maximum absolute atomic E-state index is 4.60. The van der Waals surface area contributed by atoms with Crippen molar-refractivity contribution in [2.24, 2.45) is 0 Å². The Kier molecular flexibility index (Phi) is 2.76. The number of nitrogens with zero attached hydrogens (tertiary/aromatic N) is 4. The summed E-state index contributed by atoms with van der Waals surface area (Å²) in [7, 11) is 0. The van der Waals surface area contributed by atoms with Crippen LogP contribution in [0.3, 0.4) is 0 Å². The topological polar surface area (TPSA) is 43.1 Å². The van der Waals surface area contributed by atoms with E-state index < -0.39 is 0 Å². The summed E-state index contributed by atoms with van der Waals surface area (Å²) in [6.45, 7) is 2.01. The Hall–Kier alpha value is -1.88. The van der Waals surface area contributed by atoms with Crippen LogP contribution in [0.5, 0.6) is 0 Å². The van der Waals surface area contributed by atoms with E-state index in [4.69, 9.17) is 0 Å². The molecule has 3 heterocycles. The molecule has 0 saturated carbocycles. The molecule has 0 unspecified atom stereocenters. The van der Waals surface area contributed by atoms with Gasteiger partial charge in [0.05, 0.1) is 11.2 Å². The number of fused-ring (bicyclic) bond motifs is 1. The average Bonchev–Trinajstić information content (AvgIpc) is 2.77. The zero-order valence-electron chi connectivity index (χ0n) is 10.2. The molecule has 0 aromatic carbocycles. The minimum atomic E-state index is 0.762. The van der Waals surface area contributed by atoms with E-state index in [9.17, 15) is 0 Å². The number of pyridine rings is 1. The van der Waals surface area contributed by atoms with Crippen LogP contribution >= 0.6 is 11.8 Å². The first-order valence-corrected chi connectivity index (χ1v) is 6.83. The maximum Gasteiger partial charge on any atom is 0.187 e. The molecule has 3 aromatic rings. The fourth-order valence-corrected chi connectivity index (χ4v) is 2.29. The highest BCUT2D eigenvalue weighted by atomic mass is 32.2. The zero-order valence-corrected chi connectivity index (χ0v) is 11.0. The SMILES string of the molecule is CSc1nccc(-c2nc(C)c3ccccn23)n1. The average molecular weight is 256 g/mol. The molecule has 4 nitrogen and oxygen atoms in total. The number of imidazole rings is 1. The molecule has 0 radical (unpaired) electrons. The molecule has 0 aliphatic heterocycles. The Balaban J connectivity index is 2.25. The highest BCUT2D eigenvalue weighted by molar-refractivity contribution is 7.98. The highest BCUT2D eigenvalue weighted by Crippen LogP contribution is 2.21. The van der Waals surface area contributed by atoms with Gasteiger partial charge < -0.3 is 0 Å². The lowest BCUT2D eigenvalue weighted by molar-refractivity contribution is 0.960. The first-order chi connectivity index (χ1) is 8.79. The Morgan fingerprint density at radius 2 is 2.06 bits per heavy atom. The smallest absolute Gasteiger partial charge is 0.187 e. The summed E-state index contributed by atoms with van der Waals surface area (Å²) in [6.07, 6.45) is 5.74. The van der Waals surface area contributed by atoms with Gasteiger partial charge in [-0.25, -0.2) is 15.0 Å². The van der Waals surface area contributed by atoms with Crippen molar-refractivity contribution in [1.82, 2.24) is 19.4 Å². The maximum atomic E-state index is 4.60. The summed E-state index contributed by atoms with van der Waals surface area (Å²) in [4.78, 5) is 13.3. The van der Waals surface area contributed by atoms with Crippen LogP contribution in [0.15, 0.2) is 41.8 Å². The number of hydrogen-bond acceptors (Lipinski definition) is 4. The van der Waals surface area contributed by atoms with E-state index in [1.165, 1.54) is 11.8 Å². The molecule has 3 aromatic heterocycles. The molecule has 0 bridgehead atoms. The highest BCUT2D eigenvalue weighted by Gasteiger charge is 2.11. The van der Waals surface area contributed by atoms with Gasteiger partial charge in [-0.2, -0.15) is 0 Å². The van der Waals surface area contributed by atoms with E-state index >= 15 is 0 Å². The summed E-state index contributed by atoms with van der Waals surface area (Å²) in [6, 6.07) is 7.96. The van der Waals surface area contributed by atoms with Crippen molar-refractivity contribution in [2.75, 3.05) is 6.26 Å². The summed E-state index contributed by atoms with van der Waals surface area (Å²) in [5.74, 6) is 0.862. The second-order valence-electron chi connectivity index (χ2n) is 3.91. The van der Waals surface area contributed by atoms with Crippen LogP contribution in [-0.2, 0) is 0 Å². The zero-order chi connectivity index (χ0) is 12.5. The van der Waals surface area contributed by atoms with Crippen LogP contribution in [0.2, 0.25) is 0 Å². The van der Waals surface area contributed by atoms with E-state index in [0.717, 1.165) is 27.9 Å². The Labute approximate surface area is 109 Å². The van der Waals surface area contributed by atoms with Crippen molar-refractivity contribution in [1.29, 1.82) is 0 Å². The summed E-state index contributed by atoms with van der Waals surface area (Å²) in [5, 5.41) is 0.762. The molecule has 5 heteroatoms. The van der Waals surface area contributed by atoms with Crippen LogP contribution in [0.1, 0.15) is 5.69 Å². The van der Waals surface area contributed by atoms with Crippen molar-refractivity contribution >= 4 is 17.3 Å². The third-order valence-corrected chi connectivity index (χ3v) is 3.34. The summed E-state index contributed by atoms with van der Waals surface area (Å²) < 4.78 is 2.06. The Morgan fingerprint density at radius 3 is 2.89 bits per heavy atom. The quantitative estimate of drug-likeness (QED) is 0.522. The second kappa shape index (κ2) is 4.42. The Morgan fingerprint density at radius 1 is 1.17 bits per heavy atom. The van der Waals surface area contributed by atoms with Gasteiger partial charge in [-0.05, 0) is 31.4 Å². The number of thioether (sulfide) groups is 1. The fourth-order valence-electron chi connectivity index (χ4n) is 1.94. The lowest BCUT2D eigenvalue weighted by atomic mass is 10.3. The Bertz CT molecular complexity index is 705. The molecule has 0 aliphatic carbocycles. The van der Waals surface area contributed by atoms with Gasteiger partial charge in [0.2, 0.25) is 0 Å². The van der Waals surface area contributed by atoms with E-state index in [2.05, 4.69) is 25.4 Å². The van der Waals surface area contributed by atoms with Crippen molar-refractivity contribution in [2.45, 2.75) is 12.1 Å². The van der Waals surface area contributed by atoms with Gasteiger partial charge in [-0.15, -0.1) is 0 Å². The predicted molar refractivity (Wildman–Crippen MR) is 72.7 cm³/mol. The van der Waals surface area contributed by atoms with Gasteiger partial charge in [-0.3, -0.25) is 4.40 Å².